The third kappa shape index (κ3) is 4.22. The van der Waals surface area contributed by atoms with Gasteiger partial charge in [-0.1, -0.05) is 26.0 Å². The molecule has 0 saturated carbocycles. The highest BCUT2D eigenvalue weighted by atomic mass is 16.7. The highest BCUT2D eigenvalue weighted by molar-refractivity contribution is 5.92. The Balaban J connectivity index is 1.56. The summed E-state index contributed by atoms with van der Waals surface area (Å²) in [7, 11) is 3.85. The Kier molecular flexibility index (Phi) is 6.37. The Hall–Kier alpha value is -2.73. The number of rotatable bonds is 7. The molecule has 6 nitrogen and oxygen atoms in total. The van der Waals surface area contributed by atoms with Gasteiger partial charge >= 0.3 is 0 Å². The van der Waals surface area contributed by atoms with E-state index in [-0.39, 0.29) is 24.7 Å². The maximum Gasteiger partial charge on any atom is 0.231 e. The number of likely N-dealkylation sites (N-methyl/N-ethyl adjacent to an activating group) is 1. The van der Waals surface area contributed by atoms with Crippen molar-refractivity contribution in [2.75, 3.05) is 32.8 Å². The van der Waals surface area contributed by atoms with E-state index < -0.39 is 0 Å². The molecule has 2 aliphatic rings. The molecule has 0 bridgehead atoms. The number of benzene rings is 2. The number of anilines is 1. The number of carbonyl (C=O) groups excluding carboxylic acids is 1. The predicted octanol–water partition coefficient (Wildman–Crippen LogP) is 4.57. The van der Waals surface area contributed by atoms with Crippen LogP contribution in [0.2, 0.25) is 0 Å². The van der Waals surface area contributed by atoms with E-state index in [0.29, 0.717) is 5.75 Å². The number of carbonyl (C=O) groups is 1. The van der Waals surface area contributed by atoms with E-state index in [2.05, 4.69) is 49.3 Å². The third-order valence-corrected chi connectivity index (χ3v) is 6.55. The van der Waals surface area contributed by atoms with Crippen LogP contribution >= 0.6 is 0 Å². The van der Waals surface area contributed by atoms with Crippen LogP contribution in [0.4, 0.5) is 5.69 Å². The van der Waals surface area contributed by atoms with Crippen molar-refractivity contribution in [3.8, 4) is 17.2 Å². The first-order chi connectivity index (χ1) is 15.0. The smallest absolute Gasteiger partial charge is 0.231 e. The minimum Gasteiger partial charge on any atom is -0.492 e. The van der Waals surface area contributed by atoms with Gasteiger partial charge in [0.15, 0.2) is 11.5 Å². The molecule has 0 aromatic heterocycles. The van der Waals surface area contributed by atoms with Crippen molar-refractivity contribution in [1.82, 2.24) is 4.90 Å². The summed E-state index contributed by atoms with van der Waals surface area (Å²) in [4.78, 5) is 14.7. The van der Waals surface area contributed by atoms with Crippen molar-refractivity contribution in [2.24, 2.45) is 5.92 Å². The van der Waals surface area contributed by atoms with E-state index in [4.69, 9.17) is 14.2 Å². The molecular weight excluding hydrogens is 392 g/mol. The molecule has 2 aliphatic heterocycles. The third-order valence-electron chi connectivity index (χ3n) is 6.55. The number of methoxy groups -OCH3 is 1. The average molecular weight is 425 g/mol. The molecule has 1 amide bonds. The summed E-state index contributed by atoms with van der Waals surface area (Å²) in [5, 5.41) is 3.05. The van der Waals surface area contributed by atoms with Crippen LogP contribution in [0, 0.1) is 5.92 Å². The summed E-state index contributed by atoms with van der Waals surface area (Å²) in [6, 6.07) is 10.5. The van der Waals surface area contributed by atoms with Crippen LogP contribution in [0.15, 0.2) is 30.3 Å². The molecule has 1 unspecified atom stereocenters. The Morgan fingerprint density at radius 2 is 1.97 bits per heavy atom. The molecule has 6 heteroatoms. The molecule has 2 aromatic carbocycles. The van der Waals surface area contributed by atoms with Gasteiger partial charge in [-0.2, -0.15) is 0 Å². The second-order valence-electron chi connectivity index (χ2n) is 8.37. The largest absolute Gasteiger partial charge is 0.492 e. The molecule has 31 heavy (non-hydrogen) atoms. The number of amides is 1. The van der Waals surface area contributed by atoms with Crippen LogP contribution in [0.25, 0.3) is 0 Å². The van der Waals surface area contributed by atoms with E-state index >= 15 is 0 Å². The number of ether oxygens (including phenoxy) is 3. The summed E-state index contributed by atoms with van der Waals surface area (Å²) >= 11 is 0. The summed E-state index contributed by atoms with van der Waals surface area (Å²) in [6.07, 6.45) is 3.51. The fourth-order valence-corrected chi connectivity index (χ4v) is 4.63. The Morgan fingerprint density at radius 3 is 2.65 bits per heavy atom. The van der Waals surface area contributed by atoms with Crippen LogP contribution in [-0.4, -0.2) is 38.3 Å². The van der Waals surface area contributed by atoms with Gasteiger partial charge in [-0.05, 0) is 62.1 Å². The summed E-state index contributed by atoms with van der Waals surface area (Å²) in [6.45, 7) is 5.32. The molecule has 4 rings (SSSR count). The minimum absolute atomic E-state index is 0.0625. The highest BCUT2D eigenvalue weighted by Crippen LogP contribution is 2.49. The SMILES string of the molecule is CCC(CC)C(=O)Nc1ccc(CC2c3c(cc4c(c3OC)OCO4)CCN2C)cc1. The van der Waals surface area contributed by atoms with Gasteiger partial charge in [-0.3, -0.25) is 9.69 Å². The fourth-order valence-electron chi connectivity index (χ4n) is 4.63. The first kappa shape index (κ1) is 21.5. The van der Waals surface area contributed by atoms with Crippen LogP contribution in [-0.2, 0) is 17.6 Å². The van der Waals surface area contributed by atoms with Crippen molar-refractivity contribution < 1.29 is 19.0 Å². The first-order valence-corrected chi connectivity index (χ1v) is 11.1. The summed E-state index contributed by atoms with van der Waals surface area (Å²) in [5.41, 5.74) is 4.51. The van der Waals surface area contributed by atoms with Gasteiger partial charge in [0.05, 0.1) is 7.11 Å². The van der Waals surface area contributed by atoms with Crippen molar-refractivity contribution in [1.29, 1.82) is 0 Å². The van der Waals surface area contributed by atoms with Crippen molar-refractivity contribution in [3.05, 3.63) is 47.0 Å². The topological polar surface area (TPSA) is 60.0 Å². The fraction of sp³-hybridized carbons (Fsp3) is 0.480. The zero-order valence-corrected chi connectivity index (χ0v) is 18.9. The molecule has 0 spiro atoms. The number of fused-ring (bicyclic) bond motifs is 2. The zero-order valence-electron chi connectivity index (χ0n) is 18.9. The Morgan fingerprint density at radius 1 is 1.23 bits per heavy atom. The molecular formula is C25H32N2O4. The van der Waals surface area contributed by atoms with E-state index in [0.717, 1.165) is 49.4 Å². The monoisotopic (exact) mass is 424 g/mol. The normalized spacial score (nSPS) is 17.5. The number of hydrogen-bond acceptors (Lipinski definition) is 5. The first-order valence-electron chi connectivity index (χ1n) is 11.1. The molecule has 1 N–H and O–H groups in total. The van der Waals surface area contributed by atoms with Gasteiger partial charge in [-0.25, -0.2) is 0 Å². The molecule has 0 radical (unpaired) electrons. The minimum atomic E-state index is 0.0625. The molecule has 0 aliphatic carbocycles. The lowest BCUT2D eigenvalue weighted by Crippen LogP contribution is -2.33. The van der Waals surface area contributed by atoms with Crippen LogP contribution in [0.5, 0.6) is 17.2 Å². The maximum absolute atomic E-state index is 12.4. The van der Waals surface area contributed by atoms with Gasteiger partial charge in [0.2, 0.25) is 18.4 Å². The van der Waals surface area contributed by atoms with Gasteiger partial charge in [0, 0.05) is 29.8 Å². The Bertz CT molecular complexity index is 938. The number of hydrogen-bond donors (Lipinski definition) is 1. The van der Waals surface area contributed by atoms with E-state index in [1.807, 2.05) is 12.1 Å². The lowest BCUT2D eigenvalue weighted by Gasteiger charge is -2.36. The molecule has 0 fully saturated rings. The molecule has 2 heterocycles. The summed E-state index contributed by atoms with van der Waals surface area (Å²) < 4.78 is 17.1. The van der Waals surface area contributed by atoms with Crippen molar-refractivity contribution in [3.63, 3.8) is 0 Å². The molecule has 2 aromatic rings. The second kappa shape index (κ2) is 9.18. The number of nitrogens with zero attached hydrogens (tertiary/aromatic N) is 1. The van der Waals surface area contributed by atoms with Gasteiger partial charge in [0.25, 0.3) is 0 Å². The van der Waals surface area contributed by atoms with Crippen LogP contribution < -0.4 is 19.5 Å². The highest BCUT2D eigenvalue weighted by Gasteiger charge is 2.33. The van der Waals surface area contributed by atoms with Gasteiger partial charge < -0.3 is 19.5 Å². The van der Waals surface area contributed by atoms with Crippen LogP contribution in [0.1, 0.15) is 49.4 Å². The quantitative estimate of drug-likeness (QED) is 0.706. The van der Waals surface area contributed by atoms with Gasteiger partial charge in [-0.15, -0.1) is 0 Å². The maximum atomic E-state index is 12.4. The molecule has 1 atom stereocenters. The van der Waals surface area contributed by atoms with Crippen molar-refractivity contribution >= 4 is 11.6 Å². The second-order valence-corrected chi connectivity index (χ2v) is 8.37. The van der Waals surface area contributed by atoms with E-state index in [1.54, 1.807) is 7.11 Å². The average Bonchev–Trinajstić information content (AvgIpc) is 3.24. The van der Waals surface area contributed by atoms with Crippen molar-refractivity contribution in [2.45, 2.75) is 45.6 Å². The Labute approximate surface area is 184 Å². The van der Waals surface area contributed by atoms with Crippen LogP contribution in [0.3, 0.4) is 0 Å². The number of nitrogens with one attached hydrogen (secondary N) is 1. The summed E-state index contributed by atoms with van der Waals surface area (Å²) in [5.74, 6) is 2.43. The lowest BCUT2D eigenvalue weighted by molar-refractivity contribution is -0.120. The molecule has 166 valence electrons. The lowest BCUT2D eigenvalue weighted by atomic mass is 9.87. The molecule has 0 saturated heterocycles. The standard InChI is InChI=1S/C25H32N2O4/c1-5-17(6-2)25(28)26-19-9-7-16(8-10-19)13-20-22-18(11-12-27(20)3)14-21-23(24(22)29-4)31-15-30-21/h7-10,14,17,20H,5-6,11-13,15H2,1-4H3,(H,26,28). The van der Waals surface area contributed by atoms with E-state index in [9.17, 15) is 4.79 Å². The zero-order chi connectivity index (χ0) is 22.0. The van der Waals surface area contributed by atoms with E-state index in [1.165, 1.54) is 16.7 Å². The van der Waals surface area contributed by atoms with Gasteiger partial charge in [0.1, 0.15) is 0 Å². The predicted molar refractivity (Wildman–Crippen MR) is 121 cm³/mol.